The molecule has 1 heteroatoms. The van der Waals surface area contributed by atoms with E-state index in [1.165, 1.54) is 11.1 Å². The zero-order valence-electron chi connectivity index (χ0n) is 11.6. The highest BCUT2D eigenvalue weighted by atomic mass is 16.1. The minimum atomic E-state index is 0.200. The second-order valence-electron chi connectivity index (χ2n) is 5.62. The lowest BCUT2D eigenvalue weighted by Crippen LogP contribution is -2.23. The van der Waals surface area contributed by atoms with Crippen LogP contribution in [0.3, 0.4) is 0 Å². The first-order valence-corrected chi connectivity index (χ1v) is 6.89. The Kier molecular flexibility index (Phi) is 4.00. The van der Waals surface area contributed by atoms with Gasteiger partial charge in [0.2, 0.25) is 0 Å². The molecule has 0 radical (unpaired) electrons. The number of rotatable bonds is 3. The van der Waals surface area contributed by atoms with Crippen molar-refractivity contribution in [1.82, 2.24) is 0 Å². The van der Waals surface area contributed by atoms with Gasteiger partial charge in [-0.15, -0.1) is 0 Å². The normalized spacial score (nSPS) is 20.7. The van der Waals surface area contributed by atoms with Gasteiger partial charge in [-0.2, -0.15) is 0 Å². The van der Waals surface area contributed by atoms with Gasteiger partial charge in [-0.25, -0.2) is 0 Å². The van der Waals surface area contributed by atoms with Crippen molar-refractivity contribution < 1.29 is 4.79 Å². The van der Waals surface area contributed by atoms with Crippen LogP contribution >= 0.6 is 0 Å². The summed E-state index contributed by atoms with van der Waals surface area (Å²) in [6.07, 6.45) is 2.91. The highest BCUT2D eigenvalue weighted by Crippen LogP contribution is 2.32. The molecule has 0 heterocycles. The number of hydrogen-bond acceptors (Lipinski definition) is 1. The van der Waals surface area contributed by atoms with Crippen molar-refractivity contribution in [3.05, 3.63) is 47.0 Å². The summed E-state index contributed by atoms with van der Waals surface area (Å²) in [5.74, 6) is 1.06. The maximum Gasteiger partial charge on any atom is 0.161 e. The molecule has 1 aliphatic carbocycles. The first-order chi connectivity index (χ1) is 8.59. The lowest BCUT2D eigenvalue weighted by Gasteiger charge is -2.26. The zero-order chi connectivity index (χ0) is 13.1. The fraction of sp³-hybridized carbons (Fsp3) is 0.471. The Hall–Kier alpha value is -1.37. The van der Waals surface area contributed by atoms with Gasteiger partial charge in [-0.1, -0.05) is 56.7 Å². The summed E-state index contributed by atoms with van der Waals surface area (Å²) < 4.78 is 0. The predicted molar refractivity (Wildman–Crippen MR) is 75.4 cm³/mol. The van der Waals surface area contributed by atoms with E-state index in [4.69, 9.17) is 0 Å². The number of benzene rings is 1. The van der Waals surface area contributed by atoms with Crippen LogP contribution < -0.4 is 0 Å². The van der Waals surface area contributed by atoms with Crippen molar-refractivity contribution >= 4 is 5.78 Å². The van der Waals surface area contributed by atoms with E-state index in [0.29, 0.717) is 11.7 Å². The minimum absolute atomic E-state index is 0.200. The van der Waals surface area contributed by atoms with Crippen molar-refractivity contribution in [2.75, 3.05) is 0 Å². The van der Waals surface area contributed by atoms with Crippen molar-refractivity contribution in [2.45, 2.75) is 40.0 Å². The van der Waals surface area contributed by atoms with Gasteiger partial charge in [0.25, 0.3) is 0 Å². The maximum atomic E-state index is 12.4. The van der Waals surface area contributed by atoms with Crippen LogP contribution in [-0.2, 0) is 11.2 Å². The SMILES string of the molecule is CC(C)C1=C(Cc2ccccc2)C(=O)C(C)CC1. The summed E-state index contributed by atoms with van der Waals surface area (Å²) in [6, 6.07) is 10.3. The van der Waals surface area contributed by atoms with E-state index in [9.17, 15) is 4.79 Å². The van der Waals surface area contributed by atoms with Gasteiger partial charge < -0.3 is 0 Å². The maximum absolute atomic E-state index is 12.4. The number of carbonyl (C=O) groups is 1. The summed E-state index contributed by atoms with van der Waals surface area (Å²) in [5.41, 5.74) is 3.70. The molecular weight excluding hydrogens is 220 g/mol. The molecule has 0 saturated carbocycles. The Morgan fingerprint density at radius 3 is 2.50 bits per heavy atom. The quantitative estimate of drug-likeness (QED) is 0.777. The smallest absolute Gasteiger partial charge is 0.161 e. The number of allylic oxidation sites excluding steroid dienone is 2. The van der Waals surface area contributed by atoms with E-state index < -0.39 is 0 Å². The third-order valence-electron chi connectivity index (χ3n) is 3.90. The standard InChI is InChI=1S/C17H22O/c1-12(2)15-10-9-13(3)17(18)16(15)11-14-7-5-4-6-8-14/h4-8,12-13H,9-11H2,1-3H3. The van der Waals surface area contributed by atoms with E-state index in [0.717, 1.165) is 24.8 Å². The van der Waals surface area contributed by atoms with Gasteiger partial charge in [-0.05, 0) is 29.9 Å². The lowest BCUT2D eigenvalue weighted by atomic mass is 9.77. The Morgan fingerprint density at radius 1 is 1.22 bits per heavy atom. The Labute approximate surface area is 110 Å². The van der Waals surface area contributed by atoms with E-state index >= 15 is 0 Å². The molecule has 1 unspecified atom stereocenters. The van der Waals surface area contributed by atoms with Crippen LogP contribution in [-0.4, -0.2) is 5.78 Å². The molecule has 0 aliphatic heterocycles. The number of hydrogen-bond donors (Lipinski definition) is 0. The Balaban J connectivity index is 2.33. The van der Waals surface area contributed by atoms with Crippen LogP contribution in [0.15, 0.2) is 41.5 Å². The molecule has 0 aromatic heterocycles. The second kappa shape index (κ2) is 5.51. The molecule has 0 amide bonds. The van der Waals surface area contributed by atoms with Crippen LogP contribution in [0.4, 0.5) is 0 Å². The van der Waals surface area contributed by atoms with Crippen LogP contribution in [0.5, 0.6) is 0 Å². The third kappa shape index (κ3) is 2.72. The lowest BCUT2D eigenvalue weighted by molar-refractivity contribution is -0.119. The van der Waals surface area contributed by atoms with Crippen LogP contribution in [0.25, 0.3) is 0 Å². The largest absolute Gasteiger partial charge is 0.294 e. The average Bonchev–Trinajstić information content (AvgIpc) is 2.36. The molecule has 0 N–H and O–H groups in total. The summed E-state index contributed by atoms with van der Waals surface area (Å²) in [5, 5.41) is 0. The van der Waals surface area contributed by atoms with Crippen molar-refractivity contribution in [3.63, 3.8) is 0 Å². The number of Topliss-reactive ketones (excluding diaryl/α,β-unsaturated/α-hetero) is 1. The van der Waals surface area contributed by atoms with Gasteiger partial charge in [0.05, 0.1) is 0 Å². The molecule has 1 nitrogen and oxygen atoms in total. The fourth-order valence-electron chi connectivity index (χ4n) is 2.75. The van der Waals surface area contributed by atoms with Crippen molar-refractivity contribution in [2.24, 2.45) is 11.8 Å². The monoisotopic (exact) mass is 242 g/mol. The van der Waals surface area contributed by atoms with E-state index in [1.54, 1.807) is 0 Å². The van der Waals surface area contributed by atoms with Gasteiger partial charge in [0.1, 0.15) is 0 Å². The summed E-state index contributed by atoms with van der Waals surface area (Å²) in [6.45, 7) is 6.46. The average molecular weight is 242 g/mol. The summed E-state index contributed by atoms with van der Waals surface area (Å²) in [4.78, 5) is 12.4. The molecule has 96 valence electrons. The van der Waals surface area contributed by atoms with Gasteiger partial charge >= 0.3 is 0 Å². The number of ketones is 1. The van der Waals surface area contributed by atoms with Crippen molar-refractivity contribution in [3.8, 4) is 0 Å². The first-order valence-electron chi connectivity index (χ1n) is 6.89. The molecule has 0 saturated heterocycles. The van der Waals surface area contributed by atoms with E-state index in [-0.39, 0.29) is 5.92 Å². The molecule has 0 fully saturated rings. The topological polar surface area (TPSA) is 17.1 Å². The fourth-order valence-corrected chi connectivity index (χ4v) is 2.75. The summed E-state index contributed by atoms with van der Waals surface area (Å²) in [7, 11) is 0. The molecule has 2 rings (SSSR count). The Bertz CT molecular complexity index is 454. The molecule has 1 aliphatic rings. The van der Waals surface area contributed by atoms with Gasteiger partial charge in [0.15, 0.2) is 5.78 Å². The molecule has 1 aromatic carbocycles. The molecular formula is C17H22O. The highest BCUT2D eigenvalue weighted by molar-refractivity contribution is 5.99. The van der Waals surface area contributed by atoms with E-state index in [1.807, 2.05) is 18.2 Å². The van der Waals surface area contributed by atoms with Crippen molar-refractivity contribution in [1.29, 1.82) is 0 Å². The molecule has 0 spiro atoms. The van der Waals surface area contributed by atoms with Crippen LogP contribution in [0.1, 0.15) is 39.2 Å². The van der Waals surface area contributed by atoms with E-state index in [2.05, 4.69) is 32.9 Å². The van der Waals surface area contributed by atoms with Crippen LogP contribution in [0, 0.1) is 11.8 Å². The zero-order valence-corrected chi connectivity index (χ0v) is 11.6. The van der Waals surface area contributed by atoms with Crippen LogP contribution in [0.2, 0.25) is 0 Å². The van der Waals surface area contributed by atoms with Gasteiger partial charge in [-0.3, -0.25) is 4.79 Å². The molecule has 1 atom stereocenters. The number of carbonyl (C=O) groups excluding carboxylic acids is 1. The Morgan fingerprint density at radius 2 is 1.89 bits per heavy atom. The molecule has 18 heavy (non-hydrogen) atoms. The third-order valence-corrected chi connectivity index (χ3v) is 3.90. The van der Waals surface area contributed by atoms with Gasteiger partial charge in [0, 0.05) is 12.3 Å². The second-order valence-corrected chi connectivity index (χ2v) is 5.62. The highest BCUT2D eigenvalue weighted by Gasteiger charge is 2.27. The first kappa shape index (κ1) is 13.1. The molecule has 0 bridgehead atoms. The molecule has 1 aromatic rings. The summed E-state index contributed by atoms with van der Waals surface area (Å²) >= 11 is 0. The minimum Gasteiger partial charge on any atom is -0.294 e. The predicted octanol–water partition coefficient (Wildman–Crippen LogP) is 4.18.